The predicted molar refractivity (Wildman–Crippen MR) is 96.2 cm³/mol. The number of carbonyl (C=O) groups is 1. The molecule has 3 rings (SSSR count). The third-order valence-electron chi connectivity index (χ3n) is 4.07. The van der Waals surface area contributed by atoms with Crippen LogP contribution in [-0.4, -0.2) is 27.2 Å². The summed E-state index contributed by atoms with van der Waals surface area (Å²) in [5.41, 5.74) is 0.277. The van der Waals surface area contributed by atoms with Gasteiger partial charge in [-0.1, -0.05) is 0 Å². The minimum absolute atomic E-state index is 0.0410. The summed E-state index contributed by atoms with van der Waals surface area (Å²) in [6, 6.07) is 6.66. The minimum atomic E-state index is -3.66. The van der Waals surface area contributed by atoms with Crippen LogP contribution in [0.5, 0.6) is 5.75 Å². The Labute approximate surface area is 155 Å². The lowest BCUT2D eigenvalue weighted by Gasteiger charge is -2.19. The first-order valence-electron chi connectivity index (χ1n) is 8.23. The second kappa shape index (κ2) is 7.51. The number of benzene rings is 2. The molecule has 1 aliphatic rings. The van der Waals surface area contributed by atoms with Gasteiger partial charge >= 0.3 is 0 Å². The fourth-order valence-corrected chi connectivity index (χ4v) is 3.50. The van der Waals surface area contributed by atoms with E-state index in [9.17, 15) is 22.0 Å². The average molecular weight is 396 g/mol. The third kappa shape index (κ3) is 4.73. The van der Waals surface area contributed by atoms with Gasteiger partial charge in [-0.15, -0.1) is 0 Å². The molecular formula is C18H18F2N2O4S. The molecule has 0 bridgehead atoms. The molecule has 1 amide bonds. The van der Waals surface area contributed by atoms with Gasteiger partial charge in [0.1, 0.15) is 17.4 Å². The fourth-order valence-electron chi connectivity index (χ4n) is 2.93. The van der Waals surface area contributed by atoms with Crippen molar-refractivity contribution in [2.24, 2.45) is 0 Å². The first kappa shape index (κ1) is 19.1. The topological polar surface area (TPSA) is 84.5 Å². The lowest BCUT2D eigenvalue weighted by atomic mass is 10.0. The van der Waals surface area contributed by atoms with E-state index in [4.69, 9.17) is 4.74 Å². The second-order valence-electron chi connectivity index (χ2n) is 6.26. The average Bonchev–Trinajstić information content (AvgIpc) is 2.77. The van der Waals surface area contributed by atoms with Crippen molar-refractivity contribution in [2.45, 2.75) is 18.9 Å². The number of amides is 1. The number of hydrogen-bond donors (Lipinski definition) is 2. The van der Waals surface area contributed by atoms with Crippen LogP contribution in [0.2, 0.25) is 0 Å². The first-order chi connectivity index (χ1) is 12.7. The molecule has 144 valence electrons. The van der Waals surface area contributed by atoms with Gasteiger partial charge < -0.3 is 10.1 Å². The summed E-state index contributed by atoms with van der Waals surface area (Å²) in [6.45, 7) is 0.422. The molecule has 1 atom stereocenters. The number of anilines is 1. The molecule has 0 fully saturated rings. The van der Waals surface area contributed by atoms with Crippen molar-refractivity contribution < 1.29 is 26.7 Å². The number of ether oxygens (including phenoxy) is 1. The molecule has 0 aliphatic carbocycles. The fraction of sp³-hybridized carbons (Fsp3) is 0.278. The van der Waals surface area contributed by atoms with E-state index in [1.165, 1.54) is 24.3 Å². The molecular weight excluding hydrogens is 378 g/mol. The second-order valence-corrected chi connectivity index (χ2v) is 8.01. The molecule has 0 aromatic heterocycles. The van der Waals surface area contributed by atoms with Crippen LogP contribution in [-0.2, 0) is 10.0 Å². The van der Waals surface area contributed by atoms with Gasteiger partial charge in [0.25, 0.3) is 5.91 Å². The number of rotatable bonds is 4. The number of hydrogen-bond acceptors (Lipinski definition) is 4. The Morgan fingerprint density at radius 2 is 1.85 bits per heavy atom. The molecule has 2 aromatic rings. The van der Waals surface area contributed by atoms with Gasteiger partial charge in [0.05, 0.1) is 30.2 Å². The Morgan fingerprint density at radius 1 is 1.15 bits per heavy atom. The van der Waals surface area contributed by atoms with Crippen LogP contribution >= 0.6 is 0 Å². The van der Waals surface area contributed by atoms with Crippen LogP contribution in [0.15, 0.2) is 36.4 Å². The summed E-state index contributed by atoms with van der Waals surface area (Å²) in [4.78, 5) is 12.7. The molecule has 2 aromatic carbocycles. The highest BCUT2D eigenvalue weighted by Gasteiger charge is 2.24. The highest BCUT2D eigenvalue weighted by molar-refractivity contribution is 7.92. The maximum Gasteiger partial charge on any atom is 0.254 e. The van der Waals surface area contributed by atoms with Crippen molar-refractivity contribution in [1.82, 2.24) is 5.32 Å². The molecule has 9 heteroatoms. The van der Waals surface area contributed by atoms with Crippen LogP contribution in [0.4, 0.5) is 14.5 Å². The Balaban J connectivity index is 1.92. The zero-order valence-electron chi connectivity index (χ0n) is 14.5. The van der Waals surface area contributed by atoms with Crippen LogP contribution in [0.25, 0.3) is 0 Å². The van der Waals surface area contributed by atoms with E-state index in [1.807, 2.05) is 0 Å². The van der Waals surface area contributed by atoms with Crippen molar-refractivity contribution in [2.75, 3.05) is 17.6 Å². The molecule has 1 heterocycles. The van der Waals surface area contributed by atoms with Crippen molar-refractivity contribution in [3.63, 3.8) is 0 Å². The number of sulfonamides is 1. The standard InChI is InChI=1S/C18H18F2N2O4S/c1-27(24,25)22-16-6-4-11(19)10-14(16)18(23)21-15-3-2-8-26-17-7-5-12(20)9-13(15)17/h4-7,9-10,15,22H,2-3,8H2,1H3,(H,21,23)/t15-/m0/s1. The minimum Gasteiger partial charge on any atom is -0.493 e. The third-order valence-corrected chi connectivity index (χ3v) is 4.66. The lowest BCUT2D eigenvalue weighted by molar-refractivity contribution is 0.0935. The van der Waals surface area contributed by atoms with E-state index < -0.39 is 33.6 Å². The number of fused-ring (bicyclic) bond motifs is 1. The summed E-state index contributed by atoms with van der Waals surface area (Å²) < 4.78 is 58.1. The summed E-state index contributed by atoms with van der Waals surface area (Å²) >= 11 is 0. The van der Waals surface area contributed by atoms with Crippen LogP contribution in [0.1, 0.15) is 34.8 Å². The summed E-state index contributed by atoms with van der Waals surface area (Å²) in [6.07, 6.45) is 2.05. The van der Waals surface area contributed by atoms with Gasteiger partial charge in [0.15, 0.2) is 0 Å². The Morgan fingerprint density at radius 3 is 2.59 bits per heavy atom. The van der Waals surface area contributed by atoms with Gasteiger partial charge in [-0.05, 0) is 49.2 Å². The Hall–Kier alpha value is -2.68. The molecule has 0 unspecified atom stereocenters. The molecule has 2 N–H and O–H groups in total. The summed E-state index contributed by atoms with van der Waals surface area (Å²) in [5.74, 6) is -1.37. The molecule has 0 saturated heterocycles. The van der Waals surface area contributed by atoms with Gasteiger partial charge in [0, 0.05) is 5.56 Å². The summed E-state index contributed by atoms with van der Waals surface area (Å²) in [5, 5.41) is 2.72. The molecule has 0 saturated carbocycles. The number of carbonyl (C=O) groups excluding carboxylic acids is 1. The van der Waals surface area contributed by atoms with E-state index in [1.54, 1.807) is 0 Å². The van der Waals surface area contributed by atoms with Crippen LogP contribution in [0, 0.1) is 11.6 Å². The van der Waals surface area contributed by atoms with E-state index in [2.05, 4.69) is 10.0 Å². The molecule has 0 spiro atoms. The summed E-state index contributed by atoms with van der Waals surface area (Å²) in [7, 11) is -3.66. The lowest BCUT2D eigenvalue weighted by Crippen LogP contribution is -2.29. The largest absolute Gasteiger partial charge is 0.493 e. The highest BCUT2D eigenvalue weighted by atomic mass is 32.2. The van der Waals surface area contributed by atoms with E-state index >= 15 is 0 Å². The maximum atomic E-state index is 13.7. The van der Waals surface area contributed by atoms with Crippen molar-refractivity contribution in [1.29, 1.82) is 0 Å². The van der Waals surface area contributed by atoms with Gasteiger partial charge in [0.2, 0.25) is 10.0 Å². The van der Waals surface area contributed by atoms with E-state index in [0.29, 0.717) is 30.8 Å². The monoisotopic (exact) mass is 396 g/mol. The quantitative estimate of drug-likeness (QED) is 0.832. The SMILES string of the molecule is CS(=O)(=O)Nc1ccc(F)cc1C(=O)N[C@H]1CCCOc2ccc(F)cc21. The molecule has 1 aliphatic heterocycles. The molecule has 6 nitrogen and oxygen atoms in total. The normalized spacial score (nSPS) is 16.6. The number of nitrogens with one attached hydrogen (secondary N) is 2. The highest BCUT2D eigenvalue weighted by Crippen LogP contribution is 2.32. The van der Waals surface area contributed by atoms with Crippen LogP contribution < -0.4 is 14.8 Å². The van der Waals surface area contributed by atoms with E-state index in [0.717, 1.165) is 18.4 Å². The van der Waals surface area contributed by atoms with Crippen molar-refractivity contribution in [3.05, 3.63) is 59.2 Å². The number of halogens is 2. The van der Waals surface area contributed by atoms with Gasteiger partial charge in [-0.2, -0.15) is 0 Å². The first-order valence-corrected chi connectivity index (χ1v) is 10.1. The van der Waals surface area contributed by atoms with Crippen molar-refractivity contribution >= 4 is 21.6 Å². The molecule has 0 radical (unpaired) electrons. The Kier molecular flexibility index (Phi) is 5.31. The zero-order valence-corrected chi connectivity index (χ0v) is 15.3. The molecule has 27 heavy (non-hydrogen) atoms. The smallest absolute Gasteiger partial charge is 0.254 e. The van der Waals surface area contributed by atoms with Gasteiger partial charge in [-0.3, -0.25) is 9.52 Å². The van der Waals surface area contributed by atoms with Gasteiger partial charge in [-0.25, -0.2) is 17.2 Å². The predicted octanol–water partition coefficient (Wildman–Crippen LogP) is 2.98. The van der Waals surface area contributed by atoms with Crippen LogP contribution in [0.3, 0.4) is 0 Å². The van der Waals surface area contributed by atoms with E-state index in [-0.39, 0.29) is 11.3 Å². The zero-order chi connectivity index (χ0) is 19.6. The Bertz CT molecular complexity index is 979. The van der Waals surface area contributed by atoms with Crippen molar-refractivity contribution in [3.8, 4) is 5.75 Å². The maximum absolute atomic E-state index is 13.7.